The molecule has 23 heavy (non-hydrogen) atoms. The molecule has 128 valence electrons. The average Bonchev–Trinajstić information content (AvgIpc) is 2.50. The molecule has 0 atom stereocenters. The number of nitrogens with zero attached hydrogens (tertiary/aromatic N) is 1. The van der Waals surface area contributed by atoms with Gasteiger partial charge in [-0.05, 0) is 29.5 Å². The van der Waals surface area contributed by atoms with Crippen LogP contribution < -0.4 is 5.32 Å². The third kappa shape index (κ3) is 6.40. The number of ether oxygens (including phenoxy) is 1. The van der Waals surface area contributed by atoms with Gasteiger partial charge in [0.05, 0.1) is 6.54 Å². The first-order valence-electron chi connectivity index (χ1n) is 7.87. The second kappa shape index (κ2) is 8.67. The van der Waals surface area contributed by atoms with Crippen molar-refractivity contribution >= 4 is 11.8 Å². The minimum atomic E-state index is -0.164. The van der Waals surface area contributed by atoms with Gasteiger partial charge in [-0.2, -0.15) is 0 Å². The van der Waals surface area contributed by atoms with Crippen molar-refractivity contribution in [3.8, 4) is 0 Å². The first-order chi connectivity index (χ1) is 10.8. The maximum atomic E-state index is 12.3. The molecule has 0 saturated carbocycles. The molecule has 0 spiro atoms. The van der Waals surface area contributed by atoms with E-state index in [4.69, 9.17) is 4.74 Å². The summed E-state index contributed by atoms with van der Waals surface area (Å²) in [6, 6.07) is 7.56. The van der Waals surface area contributed by atoms with Crippen LogP contribution in [0, 0.1) is 0 Å². The van der Waals surface area contributed by atoms with E-state index in [0.717, 1.165) is 6.42 Å². The van der Waals surface area contributed by atoms with E-state index in [1.807, 2.05) is 24.3 Å². The van der Waals surface area contributed by atoms with E-state index in [-0.39, 0.29) is 23.8 Å². The number of likely N-dealkylation sites (N-methyl/N-ethyl adjacent to an activating group) is 1. The van der Waals surface area contributed by atoms with Crippen LogP contribution in [-0.4, -0.2) is 50.6 Å². The SMILES string of the molecule is COCCCNC(=O)CN(C)C(=O)c1ccc(C(C)(C)C)cc1. The predicted molar refractivity (Wildman–Crippen MR) is 91.6 cm³/mol. The number of methoxy groups -OCH3 is 1. The standard InChI is InChI=1S/C18H28N2O3/c1-18(2,3)15-9-7-14(8-10-15)17(22)20(4)13-16(21)19-11-6-12-23-5/h7-10H,6,11-13H2,1-5H3,(H,19,21). The lowest BCUT2D eigenvalue weighted by atomic mass is 9.86. The number of carbonyl (C=O) groups excluding carboxylic acids is 2. The number of amides is 2. The predicted octanol–water partition coefficient (Wildman–Crippen LogP) is 2.21. The Kier molecular flexibility index (Phi) is 7.23. The van der Waals surface area contributed by atoms with Crippen molar-refractivity contribution in [3.05, 3.63) is 35.4 Å². The number of hydrogen-bond donors (Lipinski definition) is 1. The van der Waals surface area contributed by atoms with Crippen molar-refractivity contribution in [1.29, 1.82) is 0 Å². The smallest absolute Gasteiger partial charge is 0.254 e. The molecule has 0 unspecified atom stereocenters. The molecule has 0 radical (unpaired) electrons. The zero-order valence-electron chi connectivity index (χ0n) is 14.8. The van der Waals surface area contributed by atoms with Gasteiger partial charge in [0.25, 0.3) is 5.91 Å². The number of rotatable bonds is 7. The fraction of sp³-hybridized carbons (Fsp3) is 0.556. The Labute approximate surface area is 139 Å². The molecule has 1 aromatic rings. The van der Waals surface area contributed by atoms with Crippen molar-refractivity contribution in [2.24, 2.45) is 0 Å². The average molecular weight is 320 g/mol. The van der Waals surface area contributed by atoms with Gasteiger partial charge in [0.1, 0.15) is 0 Å². The molecular formula is C18H28N2O3. The number of carbonyl (C=O) groups is 2. The van der Waals surface area contributed by atoms with E-state index < -0.39 is 0 Å². The number of nitrogens with one attached hydrogen (secondary N) is 1. The Hall–Kier alpha value is -1.88. The van der Waals surface area contributed by atoms with Gasteiger partial charge in [0.2, 0.25) is 5.91 Å². The number of benzene rings is 1. The summed E-state index contributed by atoms with van der Waals surface area (Å²) < 4.78 is 4.92. The zero-order valence-corrected chi connectivity index (χ0v) is 14.8. The van der Waals surface area contributed by atoms with Crippen LogP contribution in [0.3, 0.4) is 0 Å². The van der Waals surface area contributed by atoms with Gasteiger partial charge in [0, 0.05) is 32.9 Å². The molecule has 0 heterocycles. The highest BCUT2D eigenvalue weighted by Gasteiger charge is 2.17. The fourth-order valence-corrected chi connectivity index (χ4v) is 2.12. The first kappa shape index (κ1) is 19.2. The van der Waals surface area contributed by atoms with Crippen LogP contribution in [-0.2, 0) is 14.9 Å². The molecule has 1 N–H and O–H groups in total. The molecule has 1 rings (SSSR count). The van der Waals surface area contributed by atoms with Gasteiger partial charge in [-0.3, -0.25) is 9.59 Å². The van der Waals surface area contributed by atoms with Crippen LogP contribution in [0.5, 0.6) is 0 Å². The quantitative estimate of drug-likeness (QED) is 0.784. The molecule has 0 fully saturated rings. The third-order valence-corrected chi connectivity index (χ3v) is 3.57. The van der Waals surface area contributed by atoms with E-state index in [0.29, 0.717) is 18.7 Å². The zero-order chi connectivity index (χ0) is 17.5. The van der Waals surface area contributed by atoms with Crippen molar-refractivity contribution in [2.75, 3.05) is 33.9 Å². The minimum absolute atomic E-state index is 0.0485. The Morgan fingerprint density at radius 3 is 2.30 bits per heavy atom. The van der Waals surface area contributed by atoms with Gasteiger partial charge in [-0.1, -0.05) is 32.9 Å². The highest BCUT2D eigenvalue weighted by atomic mass is 16.5. The van der Waals surface area contributed by atoms with Crippen molar-refractivity contribution in [1.82, 2.24) is 10.2 Å². The monoisotopic (exact) mass is 320 g/mol. The molecule has 0 aliphatic rings. The molecule has 0 aromatic heterocycles. The summed E-state index contributed by atoms with van der Waals surface area (Å²) >= 11 is 0. The van der Waals surface area contributed by atoms with Crippen LogP contribution in [0.25, 0.3) is 0 Å². The first-order valence-corrected chi connectivity index (χ1v) is 7.87. The molecule has 1 aromatic carbocycles. The molecule has 5 nitrogen and oxygen atoms in total. The Morgan fingerprint density at radius 2 is 1.78 bits per heavy atom. The molecule has 2 amide bonds. The third-order valence-electron chi connectivity index (χ3n) is 3.57. The van der Waals surface area contributed by atoms with E-state index in [1.165, 1.54) is 10.5 Å². The fourth-order valence-electron chi connectivity index (χ4n) is 2.12. The van der Waals surface area contributed by atoms with Crippen LogP contribution in [0.1, 0.15) is 43.1 Å². The van der Waals surface area contributed by atoms with E-state index in [1.54, 1.807) is 14.2 Å². The Balaban J connectivity index is 2.54. The summed E-state index contributed by atoms with van der Waals surface area (Å²) in [5.41, 5.74) is 1.82. The second-order valence-corrected chi connectivity index (χ2v) is 6.68. The minimum Gasteiger partial charge on any atom is -0.385 e. The van der Waals surface area contributed by atoms with Crippen LogP contribution >= 0.6 is 0 Å². The maximum absolute atomic E-state index is 12.3. The summed E-state index contributed by atoms with van der Waals surface area (Å²) in [6.45, 7) is 7.59. The van der Waals surface area contributed by atoms with E-state index >= 15 is 0 Å². The van der Waals surface area contributed by atoms with Gasteiger partial charge >= 0.3 is 0 Å². The molecule has 0 saturated heterocycles. The lowest BCUT2D eigenvalue weighted by Gasteiger charge is -2.20. The van der Waals surface area contributed by atoms with Crippen molar-refractivity contribution in [2.45, 2.75) is 32.6 Å². The largest absolute Gasteiger partial charge is 0.385 e. The van der Waals surface area contributed by atoms with Gasteiger partial charge in [-0.15, -0.1) is 0 Å². The summed E-state index contributed by atoms with van der Waals surface area (Å²) in [7, 11) is 3.26. The van der Waals surface area contributed by atoms with Crippen LogP contribution in [0.15, 0.2) is 24.3 Å². The molecule has 0 bridgehead atoms. The topological polar surface area (TPSA) is 58.6 Å². The highest BCUT2D eigenvalue weighted by Crippen LogP contribution is 2.22. The lowest BCUT2D eigenvalue weighted by Crippen LogP contribution is -2.38. The summed E-state index contributed by atoms with van der Waals surface area (Å²) in [4.78, 5) is 25.6. The highest BCUT2D eigenvalue weighted by molar-refractivity contribution is 5.96. The molecule has 0 aliphatic heterocycles. The van der Waals surface area contributed by atoms with Gasteiger partial charge < -0.3 is 15.0 Å². The maximum Gasteiger partial charge on any atom is 0.254 e. The normalized spacial score (nSPS) is 11.2. The van der Waals surface area contributed by atoms with Crippen molar-refractivity contribution < 1.29 is 14.3 Å². The van der Waals surface area contributed by atoms with E-state index in [2.05, 4.69) is 26.1 Å². The summed E-state index contributed by atoms with van der Waals surface area (Å²) in [5.74, 6) is -0.319. The Bertz CT molecular complexity index is 518. The van der Waals surface area contributed by atoms with Gasteiger partial charge in [-0.25, -0.2) is 0 Å². The second-order valence-electron chi connectivity index (χ2n) is 6.68. The van der Waals surface area contributed by atoms with Gasteiger partial charge in [0.15, 0.2) is 0 Å². The van der Waals surface area contributed by atoms with Crippen LogP contribution in [0.4, 0.5) is 0 Å². The lowest BCUT2D eigenvalue weighted by molar-refractivity contribution is -0.121. The number of hydrogen-bond acceptors (Lipinski definition) is 3. The summed E-state index contributed by atoms with van der Waals surface area (Å²) in [6.07, 6.45) is 0.758. The van der Waals surface area contributed by atoms with Crippen LogP contribution in [0.2, 0.25) is 0 Å². The summed E-state index contributed by atoms with van der Waals surface area (Å²) in [5, 5.41) is 2.77. The van der Waals surface area contributed by atoms with Crippen molar-refractivity contribution in [3.63, 3.8) is 0 Å². The molecule has 5 heteroatoms. The van der Waals surface area contributed by atoms with E-state index in [9.17, 15) is 9.59 Å². The molecular weight excluding hydrogens is 292 g/mol. The Morgan fingerprint density at radius 1 is 1.17 bits per heavy atom. The molecule has 0 aliphatic carbocycles.